The smallest absolute Gasteiger partial charge is 0.186 e. The van der Waals surface area contributed by atoms with Gasteiger partial charge in [0.1, 0.15) is 18.1 Å². The molecule has 1 aromatic heterocycles. The van der Waals surface area contributed by atoms with E-state index >= 15 is 0 Å². The van der Waals surface area contributed by atoms with E-state index in [-0.39, 0.29) is 18.4 Å². The molecule has 0 radical (unpaired) electrons. The third-order valence-electron chi connectivity index (χ3n) is 3.13. The van der Waals surface area contributed by atoms with Gasteiger partial charge < -0.3 is 15.9 Å². The molecule has 0 atom stereocenters. The van der Waals surface area contributed by atoms with Crippen LogP contribution in [0.4, 0.5) is 0 Å². The number of nitrogens with two attached hydrogens (primary N) is 2. The zero-order valence-corrected chi connectivity index (χ0v) is 12.1. The lowest BCUT2D eigenvalue weighted by atomic mass is 10.0. The van der Waals surface area contributed by atoms with Crippen molar-refractivity contribution in [2.24, 2.45) is 16.5 Å². The van der Waals surface area contributed by atoms with E-state index in [0.717, 1.165) is 22.5 Å². The highest BCUT2D eigenvalue weighted by Gasteiger charge is 2.07. The minimum absolute atomic E-state index is 0. The lowest BCUT2D eigenvalue weighted by Gasteiger charge is -2.03. The lowest BCUT2D eigenvalue weighted by Crippen LogP contribution is -2.22. The van der Waals surface area contributed by atoms with Crippen LogP contribution in [0.1, 0.15) is 5.76 Å². The third-order valence-corrected chi connectivity index (χ3v) is 3.13. The van der Waals surface area contributed by atoms with E-state index < -0.39 is 0 Å². The van der Waals surface area contributed by atoms with Gasteiger partial charge in [-0.1, -0.05) is 42.5 Å². The number of fused-ring (bicyclic) bond motifs is 1. The standard InChI is InChI=1S/C16H15N3O.ClH/c17-16(18)19-10-12-8-9-15(20-12)14-7-3-5-11-4-1-2-6-13(11)14;/h1-9H,10H2,(H4,17,18,19);1H. The van der Waals surface area contributed by atoms with Crippen molar-refractivity contribution < 1.29 is 4.42 Å². The summed E-state index contributed by atoms with van der Waals surface area (Å²) in [5, 5.41) is 2.35. The largest absolute Gasteiger partial charge is 0.459 e. The fourth-order valence-corrected chi connectivity index (χ4v) is 2.22. The Bertz CT molecular complexity index is 771. The van der Waals surface area contributed by atoms with Crippen molar-refractivity contribution in [3.05, 3.63) is 60.4 Å². The summed E-state index contributed by atoms with van der Waals surface area (Å²) in [5.41, 5.74) is 11.7. The Balaban J connectivity index is 0.00000161. The van der Waals surface area contributed by atoms with Gasteiger partial charge in [0.2, 0.25) is 0 Å². The quantitative estimate of drug-likeness (QED) is 0.575. The van der Waals surface area contributed by atoms with E-state index in [2.05, 4.69) is 23.2 Å². The maximum Gasteiger partial charge on any atom is 0.186 e. The number of aliphatic imine (C=N–C) groups is 1. The molecule has 0 aliphatic carbocycles. The maximum atomic E-state index is 5.81. The van der Waals surface area contributed by atoms with Crippen molar-refractivity contribution in [3.8, 4) is 11.3 Å². The Labute approximate surface area is 128 Å². The minimum atomic E-state index is 0. The number of halogens is 1. The molecule has 4 N–H and O–H groups in total. The highest BCUT2D eigenvalue weighted by Crippen LogP contribution is 2.29. The van der Waals surface area contributed by atoms with Crippen LogP contribution in [0.3, 0.4) is 0 Å². The average Bonchev–Trinajstić information content (AvgIpc) is 2.93. The number of furan rings is 1. The molecular weight excluding hydrogens is 286 g/mol. The van der Waals surface area contributed by atoms with E-state index in [1.54, 1.807) is 0 Å². The molecule has 4 nitrogen and oxygen atoms in total. The first-order chi connectivity index (χ1) is 9.74. The molecule has 3 rings (SSSR count). The molecule has 21 heavy (non-hydrogen) atoms. The molecule has 108 valence electrons. The van der Waals surface area contributed by atoms with Crippen LogP contribution >= 0.6 is 12.4 Å². The second-order valence-electron chi connectivity index (χ2n) is 4.53. The number of guanidine groups is 1. The lowest BCUT2D eigenvalue weighted by molar-refractivity contribution is 0.526. The second kappa shape index (κ2) is 6.33. The predicted octanol–water partition coefficient (Wildman–Crippen LogP) is 3.30. The summed E-state index contributed by atoms with van der Waals surface area (Å²) in [6.07, 6.45) is 0. The van der Waals surface area contributed by atoms with Crippen molar-refractivity contribution in [2.45, 2.75) is 6.54 Å². The van der Waals surface area contributed by atoms with Gasteiger partial charge in [0.05, 0.1) is 0 Å². The molecule has 0 bridgehead atoms. The van der Waals surface area contributed by atoms with Crippen LogP contribution in [-0.2, 0) is 6.54 Å². The number of benzene rings is 2. The van der Waals surface area contributed by atoms with E-state index in [1.807, 2.05) is 36.4 Å². The number of rotatable bonds is 3. The van der Waals surface area contributed by atoms with E-state index in [1.165, 1.54) is 5.39 Å². The number of hydrogen-bond donors (Lipinski definition) is 2. The normalized spacial score (nSPS) is 10.1. The summed E-state index contributed by atoms with van der Waals surface area (Å²) in [6.45, 7) is 0.354. The SMILES string of the molecule is Cl.NC(N)=NCc1ccc(-c2cccc3ccccc23)o1. The van der Waals surface area contributed by atoms with Gasteiger partial charge in [-0.05, 0) is 22.9 Å². The topological polar surface area (TPSA) is 77.5 Å². The van der Waals surface area contributed by atoms with Gasteiger partial charge in [0.25, 0.3) is 0 Å². The van der Waals surface area contributed by atoms with Gasteiger partial charge in [-0.25, -0.2) is 4.99 Å². The summed E-state index contributed by atoms with van der Waals surface area (Å²) in [6, 6.07) is 18.2. The molecule has 5 heteroatoms. The van der Waals surface area contributed by atoms with Crippen LogP contribution < -0.4 is 11.5 Å². The monoisotopic (exact) mass is 301 g/mol. The van der Waals surface area contributed by atoms with Crippen molar-refractivity contribution in [2.75, 3.05) is 0 Å². The second-order valence-corrected chi connectivity index (χ2v) is 4.53. The molecule has 0 saturated carbocycles. The summed E-state index contributed by atoms with van der Waals surface area (Å²) in [4.78, 5) is 3.94. The fourth-order valence-electron chi connectivity index (χ4n) is 2.22. The Morgan fingerprint density at radius 3 is 2.52 bits per heavy atom. The third kappa shape index (κ3) is 3.17. The minimum Gasteiger partial charge on any atom is -0.459 e. The zero-order chi connectivity index (χ0) is 13.9. The first-order valence-electron chi connectivity index (χ1n) is 6.36. The van der Waals surface area contributed by atoms with Crippen LogP contribution in [0.15, 0.2) is 64.0 Å². The van der Waals surface area contributed by atoms with Crippen LogP contribution in [0, 0.1) is 0 Å². The first kappa shape index (κ1) is 14.9. The van der Waals surface area contributed by atoms with Gasteiger partial charge in [-0.3, -0.25) is 0 Å². The fraction of sp³-hybridized carbons (Fsp3) is 0.0625. The molecule has 1 heterocycles. The van der Waals surface area contributed by atoms with Gasteiger partial charge >= 0.3 is 0 Å². The van der Waals surface area contributed by atoms with Gasteiger partial charge in [-0.2, -0.15) is 0 Å². The van der Waals surface area contributed by atoms with E-state index in [9.17, 15) is 0 Å². The maximum absolute atomic E-state index is 5.81. The van der Waals surface area contributed by atoms with E-state index in [4.69, 9.17) is 15.9 Å². The van der Waals surface area contributed by atoms with Gasteiger partial charge in [0, 0.05) is 5.56 Å². The highest BCUT2D eigenvalue weighted by atomic mass is 35.5. The van der Waals surface area contributed by atoms with E-state index in [0.29, 0.717) is 6.54 Å². The van der Waals surface area contributed by atoms with Gasteiger partial charge in [-0.15, -0.1) is 12.4 Å². The molecule has 0 unspecified atom stereocenters. The van der Waals surface area contributed by atoms with Crippen molar-refractivity contribution in [1.82, 2.24) is 0 Å². The number of hydrogen-bond acceptors (Lipinski definition) is 2. The first-order valence-corrected chi connectivity index (χ1v) is 6.36. The molecule has 0 amide bonds. The molecule has 0 fully saturated rings. The highest BCUT2D eigenvalue weighted by molar-refractivity contribution is 5.95. The molecule has 3 aromatic rings. The average molecular weight is 302 g/mol. The molecule has 0 aliphatic rings. The van der Waals surface area contributed by atoms with Crippen molar-refractivity contribution in [1.29, 1.82) is 0 Å². The Morgan fingerprint density at radius 2 is 1.71 bits per heavy atom. The zero-order valence-electron chi connectivity index (χ0n) is 11.3. The van der Waals surface area contributed by atoms with Crippen molar-refractivity contribution >= 4 is 29.1 Å². The molecular formula is C16H16ClN3O. The van der Waals surface area contributed by atoms with Crippen LogP contribution in [0.2, 0.25) is 0 Å². The summed E-state index contributed by atoms with van der Waals surface area (Å²) >= 11 is 0. The predicted molar refractivity (Wildman–Crippen MR) is 88.4 cm³/mol. The molecule has 0 spiro atoms. The summed E-state index contributed by atoms with van der Waals surface area (Å²) in [7, 11) is 0. The Kier molecular flexibility index (Phi) is 4.50. The van der Waals surface area contributed by atoms with Crippen LogP contribution in [0.5, 0.6) is 0 Å². The molecule has 0 saturated heterocycles. The molecule has 2 aromatic carbocycles. The Morgan fingerprint density at radius 1 is 0.952 bits per heavy atom. The van der Waals surface area contributed by atoms with Crippen LogP contribution in [0.25, 0.3) is 22.1 Å². The van der Waals surface area contributed by atoms with Crippen molar-refractivity contribution in [3.63, 3.8) is 0 Å². The number of nitrogens with zero attached hydrogens (tertiary/aromatic N) is 1. The van der Waals surface area contributed by atoms with Crippen LogP contribution in [-0.4, -0.2) is 5.96 Å². The summed E-state index contributed by atoms with van der Waals surface area (Å²) in [5.74, 6) is 1.62. The Hall–Kier alpha value is -2.46. The molecule has 0 aliphatic heterocycles. The summed E-state index contributed by atoms with van der Waals surface area (Å²) < 4.78 is 5.81. The van der Waals surface area contributed by atoms with Gasteiger partial charge in [0.15, 0.2) is 5.96 Å².